The van der Waals surface area contributed by atoms with Crippen molar-refractivity contribution in [3.8, 4) is 28.5 Å². The summed E-state index contributed by atoms with van der Waals surface area (Å²) >= 11 is 0. The molecule has 0 aliphatic rings. The highest BCUT2D eigenvalue weighted by molar-refractivity contribution is 5.93. The molecule has 6 rings (SSSR count). The molecule has 0 radical (unpaired) electrons. The summed E-state index contributed by atoms with van der Waals surface area (Å²) in [7, 11) is 0. The van der Waals surface area contributed by atoms with Crippen LogP contribution in [-0.4, -0.2) is 46.2 Å². The van der Waals surface area contributed by atoms with Gasteiger partial charge in [0, 0.05) is 30.7 Å². The molecule has 9 heteroatoms. The van der Waals surface area contributed by atoms with E-state index in [9.17, 15) is 0 Å². The van der Waals surface area contributed by atoms with Gasteiger partial charge >= 0.3 is 0 Å². The fraction of sp³-hybridized carbons (Fsp3) is 0.160. The van der Waals surface area contributed by atoms with Gasteiger partial charge in [0.15, 0.2) is 11.5 Å². The smallest absolute Gasteiger partial charge is 0.161 e. The van der Waals surface area contributed by atoms with E-state index in [0.717, 1.165) is 63.4 Å². The number of aryl methyl sites for hydroxylation is 1. The third-order valence-electron chi connectivity index (χ3n) is 5.78. The number of imidazole rings is 2. The van der Waals surface area contributed by atoms with Crippen LogP contribution >= 0.6 is 0 Å². The van der Waals surface area contributed by atoms with Crippen LogP contribution in [0.25, 0.3) is 50.5 Å². The zero-order valence-electron chi connectivity index (χ0n) is 18.9. The number of H-pyrrole nitrogens is 2. The minimum Gasteiger partial charge on any atom is -0.336 e. The Hall–Kier alpha value is -4.37. The number of para-hydroxylation sites is 1. The van der Waals surface area contributed by atoms with Gasteiger partial charge in [-0.05, 0) is 49.4 Å². The summed E-state index contributed by atoms with van der Waals surface area (Å²) in [6, 6.07) is 12.1. The van der Waals surface area contributed by atoms with Gasteiger partial charge in [-0.3, -0.25) is 10.1 Å². The normalized spacial score (nSPS) is 11.6. The van der Waals surface area contributed by atoms with E-state index in [1.807, 2.05) is 60.4 Å². The van der Waals surface area contributed by atoms with E-state index in [1.54, 1.807) is 6.33 Å². The minimum atomic E-state index is 0.661. The van der Waals surface area contributed by atoms with Gasteiger partial charge in [-0.1, -0.05) is 13.0 Å². The van der Waals surface area contributed by atoms with Crippen LogP contribution < -0.4 is 5.32 Å². The Kier molecular flexibility index (Phi) is 4.88. The van der Waals surface area contributed by atoms with Crippen LogP contribution in [0.3, 0.4) is 0 Å². The van der Waals surface area contributed by atoms with E-state index in [2.05, 4.69) is 43.5 Å². The van der Waals surface area contributed by atoms with Gasteiger partial charge < -0.3 is 14.9 Å². The number of fused-ring (bicyclic) bond motifs is 2. The van der Waals surface area contributed by atoms with Crippen LogP contribution in [0.5, 0.6) is 0 Å². The lowest BCUT2D eigenvalue weighted by atomic mass is 10.1. The number of aromatic amines is 2. The summed E-state index contributed by atoms with van der Waals surface area (Å²) in [5, 5.41) is 11.0. The fourth-order valence-electron chi connectivity index (χ4n) is 4.11. The molecule has 5 aromatic heterocycles. The maximum absolute atomic E-state index is 4.93. The van der Waals surface area contributed by atoms with Crippen LogP contribution in [0.15, 0.2) is 61.3 Å². The molecule has 6 aromatic rings. The molecule has 0 bridgehead atoms. The molecular formula is C25H23N9. The highest BCUT2D eigenvalue weighted by Crippen LogP contribution is 2.29. The van der Waals surface area contributed by atoms with E-state index in [-0.39, 0.29) is 0 Å². The molecule has 0 saturated heterocycles. The van der Waals surface area contributed by atoms with Gasteiger partial charge in [-0.15, -0.1) is 0 Å². The standard InChI is InChI=1S/C25H23N9/c1-3-26-10-16-9-17(12-27-11-16)18-7-8-20-23(29-18)24(33-32-20)25-30-19-5-4-6-21(22(19)31-25)34-13-15(2)28-14-34/h4-9,11-14,26H,3,10H2,1-2H3,(H,30,31)(H,32,33). The van der Waals surface area contributed by atoms with Crippen molar-refractivity contribution in [3.05, 3.63) is 72.6 Å². The van der Waals surface area contributed by atoms with Gasteiger partial charge in [-0.25, -0.2) is 15.0 Å². The third kappa shape index (κ3) is 3.52. The van der Waals surface area contributed by atoms with Crippen molar-refractivity contribution in [2.45, 2.75) is 20.4 Å². The maximum Gasteiger partial charge on any atom is 0.161 e. The van der Waals surface area contributed by atoms with E-state index < -0.39 is 0 Å². The van der Waals surface area contributed by atoms with Crippen molar-refractivity contribution in [1.29, 1.82) is 0 Å². The number of nitrogens with zero attached hydrogens (tertiary/aromatic N) is 6. The summed E-state index contributed by atoms with van der Waals surface area (Å²) in [5.41, 5.74) is 8.89. The van der Waals surface area contributed by atoms with E-state index in [1.165, 1.54) is 0 Å². The topological polar surface area (TPSA) is 113 Å². The minimum absolute atomic E-state index is 0.661. The number of pyridine rings is 2. The second kappa shape index (κ2) is 8.20. The van der Waals surface area contributed by atoms with Gasteiger partial charge in [0.05, 0.1) is 34.4 Å². The molecule has 0 fully saturated rings. The molecule has 168 valence electrons. The predicted molar refractivity (Wildman–Crippen MR) is 131 cm³/mol. The Morgan fingerprint density at radius 2 is 1.97 bits per heavy atom. The highest BCUT2D eigenvalue weighted by Gasteiger charge is 2.17. The molecule has 0 unspecified atom stereocenters. The zero-order valence-corrected chi connectivity index (χ0v) is 18.9. The van der Waals surface area contributed by atoms with Crippen molar-refractivity contribution in [3.63, 3.8) is 0 Å². The Balaban J connectivity index is 1.44. The number of nitrogens with one attached hydrogen (secondary N) is 3. The lowest BCUT2D eigenvalue weighted by Crippen LogP contribution is -2.11. The average molecular weight is 450 g/mol. The Bertz CT molecular complexity index is 1620. The van der Waals surface area contributed by atoms with Crippen LogP contribution in [-0.2, 0) is 6.54 Å². The fourth-order valence-corrected chi connectivity index (χ4v) is 4.11. The van der Waals surface area contributed by atoms with Gasteiger partial charge in [0.25, 0.3) is 0 Å². The quantitative estimate of drug-likeness (QED) is 0.352. The van der Waals surface area contributed by atoms with Crippen LogP contribution in [0.4, 0.5) is 0 Å². The molecule has 0 atom stereocenters. The summed E-state index contributed by atoms with van der Waals surface area (Å²) in [6.07, 6.45) is 7.50. The molecule has 9 nitrogen and oxygen atoms in total. The summed E-state index contributed by atoms with van der Waals surface area (Å²) in [6.45, 7) is 5.74. The third-order valence-corrected chi connectivity index (χ3v) is 5.78. The number of hydrogen-bond acceptors (Lipinski definition) is 6. The first-order chi connectivity index (χ1) is 16.7. The largest absolute Gasteiger partial charge is 0.336 e. The monoisotopic (exact) mass is 449 g/mol. The van der Waals surface area contributed by atoms with Gasteiger partial charge in [0.2, 0.25) is 0 Å². The molecule has 5 heterocycles. The van der Waals surface area contributed by atoms with Crippen molar-refractivity contribution in [2.75, 3.05) is 6.54 Å². The van der Waals surface area contributed by atoms with E-state index >= 15 is 0 Å². The first kappa shape index (κ1) is 20.3. The molecule has 0 spiro atoms. The van der Waals surface area contributed by atoms with Crippen molar-refractivity contribution in [2.24, 2.45) is 0 Å². The van der Waals surface area contributed by atoms with Crippen molar-refractivity contribution in [1.82, 2.24) is 45.0 Å². The molecule has 0 amide bonds. The first-order valence-electron chi connectivity index (χ1n) is 11.2. The van der Waals surface area contributed by atoms with Crippen molar-refractivity contribution < 1.29 is 0 Å². The number of rotatable bonds is 6. The lowest BCUT2D eigenvalue weighted by Gasteiger charge is -2.05. The summed E-state index contributed by atoms with van der Waals surface area (Å²) in [5.74, 6) is 0.661. The van der Waals surface area contributed by atoms with Crippen LogP contribution in [0.2, 0.25) is 0 Å². The number of aromatic nitrogens is 8. The second-order valence-electron chi connectivity index (χ2n) is 8.21. The molecule has 0 aliphatic carbocycles. The average Bonchev–Trinajstić information content (AvgIpc) is 3.59. The Morgan fingerprint density at radius 3 is 2.82 bits per heavy atom. The number of hydrogen-bond donors (Lipinski definition) is 3. The summed E-state index contributed by atoms with van der Waals surface area (Å²) < 4.78 is 1.98. The Morgan fingerprint density at radius 1 is 1.03 bits per heavy atom. The predicted octanol–water partition coefficient (Wildman–Crippen LogP) is 4.17. The summed E-state index contributed by atoms with van der Waals surface area (Å²) in [4.78, 5) is 22.0. The van der Waals surface area contributed by atoms with Crippen LogP contribution in [0, 0.1) is 6.92 Å². The van der Waals surface area contributed by atoms with Crippen molar-refractivity contribution >= 4 is 22.1 Å². The lowest BCUT2D eigenvalue weighted by molar-refractivity contribution is 0.724. The molecular weight excluding hydrogens is 426 g/mol. The molecule has 0 saturated carbocycles. The van der Waals surface area contributed by atoms with Gasteiger partial charge in [0.1, 0.15) is 11.0 Å². The van der Waals surface area contributed by atoms with E-state index in [0.29, 0.717) is 11.5 Å². The Labute approximate surface area is 195 Å². The zero-order chi connectivity index (χ0) is 23.1. The molecule has 34 heavy (non-hydrogen) atoms. The maximum atomic E-state index is 4.93. The first-order valence-corrected chi connectivity index (χ1v) is 11.2. The van der Waals surface area contributed by atoms with E-state index in [4.69, 9.17) is 9.97 Å². The molecule has 1 aromatic carbocycles. The van der Waals surface area contributed by atoms with Crippen LogP contribution in [0.1, 0.15) is 18.2 Å². The molecule has 0 aliphatic heterocycles. The second-order valence-corrected chi connectivity index (χ2v) is 8.21. The van der Waals surface area contributed by atoms with Gasteiger partial charge in [-0.2, -0.15) is 5.10 Å². The number of benzene rings is 1. The molecule has 3 N–H and O–H groups in total. The SMILES string of the molecule is CCNCc1cncc(-c2ccc3[nH]nc(-c4nc5c(-n6cnc(C)c6)cccc5[nH]4)c3n2)c1. The highest BCUT2D eigenvalue weighted by atomic mass is 15.2.